The first-order chi connectivity index (χ1) is 8.67. The number of amidine groups is 1. The molecule has 18 heavy (non-hydrogen) atoms. The largest absolute Gasteiger partial charge is 0.493 e. The average Bonchev–Trinajstić information content (AvgIpc) is 2.83. The Labute approximate surface area is 106 Å². The maximum Gasteiger partial charge on any atom is 0.259 e. The van der Waals surface area contributed by atoms with E-state index in [9.17, 15) is 4.79 Å². The molecule has 1 aliphatic heterocycles. The minimum Gasteiger partial charge on any atom is -0.493 e. The molecule has 0 radical (unpaired) electrons. The third-order valence-corrected chi connectivity index (χ3v) is 2.93. The van der Waals surface area contributed by atoms with E-state index in [0.717, 1.165) is 5.84 Å². The summed E-state index contributed by atoms with van der Waals surface area (Å²) in [5.74, 6) is 1.86. The van der Waals surface area contributed by atoms with Crippen molar-refractivity contribution in [3.05, 3.63) is 23.8 Å². The zero-order valence-corrected chi connectivity index (χ0v) is 10.8. The normalized spacial score (nSPS) is 14.4. The predicted molar refractivity (Wildman–Crippen MR) is 68.6 cm³/mol. The van der Waals surface area contributed by atoms with Crippen LogP contribution in [0.3, 0.4) is 0 Å². The van der Waals surface area contributed by atoms with Crippen molar-refractivity contribution in [1.82, 2.24) is 4.90 Å². The van der Waals surface area contributed by atoms with E-state index in [1.807, 2.05) is 6.92 Å². The van der Waals surface area contributed by atoms with E-state index in [2.05, 4.69) is 4.99 Å². The van der Waals surface area contributed by atoms with Gasteiger partial charge in [-0.25, -0.2) is 0 Å². The molecule has 1 heterocycles. The van der Waals surface area contributed by atoms with Gasteiger partial charge in [0.05, 0.1) is 20.8 Å². The van der Waals surface area contributed by atoms with Gasteiger partial charge in [0.2, 0.25) is 0 Å². The van der Waals surface area contributed by atoms with Crippen LogP contribution in [0.15, 0.2) is 23.2 Å². The van der Waals surface area contributed by atoms with Crippen LogP contribution in [0.1, 0.15) is 17.3 Å². The lowest BCUT2D eigenvalue weighted by atomic mass is 10.1. The number of carbonyl (C=O) groups excluding carboxylic acids is 1. The first kappa shape index (κ1) is 12.4. The van der Waals surface area contributed by atoms with Gasteiger partial charge in [-0.1, -0.05) is 0 Å². The molecule has 0 aliphatic carbocycles. The fourth-order valence-corrected chi connectivity index (χ4v) is 1.93. The zero-order chi connectivity index (χ0) is 13.1. The number of aliphatic imine (C=N–C) groups is 1. The van der Waals surface area contributed by atoms with Crippen LogP contribution >= 0.6 is 0 Å². The molecule has 1 aliphatic rings. The van der Waals surface area contributed by atoms with Crippen LogP contribution in [0, 0.1) is 0 Å². The molecule has 0 saturated carbocycles. The Morgan fingerprint density at radius 3 is 2.56 bits per heavy atom. The molecule has 1 aromatic rings. The number of carbonyl (C=O) groups is 1. The number of benzene rings is 1. The average molecular weight is 248 g/mol. The summed E-state index contributed by atoms with van der Waals surface area (Å²) in [4.78, 5) is 18.1. The highest BCUT2D eigenvalue weighted by Crippen LogP contribution is 2.28. The number of methoxy groups -OCH3 is 2. The Balaban J connectivity index is 2.28. The molecular weight excluding hydrogens is 232 g/mol. The van der Waals surface area contributed by atoms with Crippen molar-refractivity contribution in [3.63, 3.8) is 0 Å². The Morgan fingerprint density at radius 1 is 1.28 bits per heavy atom. The molecule has 0 aromatic heterocycles. The van der Waals surface area contributed by atoms with E-state index in [4.69, 9.17) is 9.47 Å². The molecule has 5 heteroatoms. The van der Waals surface area contributed by atoms with Crippen LogP contribution in [-0.4, -0.2) is 44.0 Å². The van der Waals surface area contributed by atoms with Gasteiger partial charge in [-0.3, -0.25) is 14.7 Å². The van der Waals surface area contributed by atoms with Crippen molar-refractivity contribution in [1.29, 1.82) is 0 Å². The Morgan fingerprint density at radius 2 is 2.00 bits per heavy atom. The molecule has 5 nitrogen and oxygen atoms in total. The zero-order valence-electron chi connectivity index (χ0n) is 10.8. The number of hydrogen-bond donors (Lipinski definition) is 0. The van der Waals surface area contributed by atoms with Crippen LogP contribution in [0.4, 0.5) is 0 Å². The Kier molecular flexibility index (Phi) is 3.50. The van der Waals surface area contributed by atoms with Crippen molar-refractivity contribution in [2.45, 2.75) is 6.92 Å². The molecule has 0 N–H and O–H groups in total. The molecule has 0 saturated heterocycles. The lowest BCUT2D eigenvalue weighted by molar-refractivity contribution is 0.0857. The van der Waals surface area contributed by atoms with E-state index in [0.29, 0.717) is 30.2 Å². The van der Waals surface area contributed by atoms with Crippen molar-refractivity contribution in [2.75, 3.05) is 27.3 Å². The molecule has 0 atom stereocenters. The van der Waals surface area contributed by atoms with Crippen LogP contribution in [-0.2, 0) is 0 Å². The van der Waals surface area contributed by atoms with Gasteiger partial charge in [-0.05, 0) is 25.1 Å². The molecule has 0 bridgehead atoms. The van der Waals surface area contributed by atoms with E-state index in [1.165, 1.54) is 0 Å². The second-order valence-electron chi connectivity index (χ2n) is 3.96. The van der Waals surface area contributed by atoms with Crippen LogP contribution in [0.25, 0.3) is 0 Å². The van der Waals surface area contributed by atoms with Gasteiger partial charge in [0.1, 0.15) is 5.84 Å². The van der Waals surface area contributed by atoms with Crippen LogP contribution < -0.4 is 9.47 Å². The van der Waals surface area contributed by atoms with Gasteiger partial charge in [-0.2, -0.15) is 0 Å². The summed E-state index contributed by atoms with van der Waals surface area (Å²) in [6.45, 7) is 3.15. The SMILES string of the molecule is COc1ccc(C(=O)N2CCN=C2C)cc1OC. The van der Waals surface area contributed by atoms with E-state index >= 15 is 0 Å². The molecular formula is C13H16N2O3. The minimum atomic E-state index is -0.0605. The smallest absolute Gasteiger partial charge is 0.259 e. The molecule has 2 rings (SSSR count). The lowest BCUT2D eigenvalue weighted by Crippen LogP contribution is -2.32. The molecule has 1 aromatic carbocycles. The highest BCUT2D eigenvalue weighted by atomic mass is 16.5. The third-order valence-electron chi connectivity index (χ3n) is 2.93. The second kappa shape index (κ2) is 5.08. The summed E-state index contributed by atoms with van der Waals surface area (Å²) in [6, 6.07) is 5.15. The second-order valence-corrected chi connectivity index (χ2v) is 3.96. The number of nitrogens with zero attached hydrogens (tertiary/aromatic N) is 2. The van der Waals surface area contributed by atoms with Gasteiger partial charge < -0.3 is 9.47 Å². The van der Waals surface area contributed by atoms with Crippen molar-refractivity contribution < 1.29 is 14.3 Å². The van der Waals surface area contributed by atoms with Gasteiger partial charge in [0.15, 0.2) is 11.5 Å². The van der Waals surface area contributed by atoms with Crippen molar-refractivity contribution >= 4 is 11.7 Å². The number of amides is 1. The van der Waals surface area contributed by atoms with E-state index in [-0.39, 0.29) is 5.91 Å². The van der Waals surface area contributed by atoms with Gasteiger partial charge in [-0.15, -0.1) is 0 Å². The summed E-state index contributed by atoms with van der Waals surface area (Å²) in [5.41, 5.74) is 0.573. The first-order valence-corrected chi connectivity index (χ1v) is 5.72. The number of ether oxygens (including phenoxy) is 2. The van der Waals surface area contributed by atoms with E-state index in [1.54, 1.807) is 37.3 Å². The molecule has 0 spiro atoms. The molecule has 96 valence electrons. The highest BCUT2D eigenvalue weighted by Gasteiger charge is 2.22. The summed E-state index contributed by atoms with van der Waals surface area (Å²) in [5, 5.41) is 0. The predicted octanol–water partition coefficient (Wildman–Crippen LogP) is 1.58. The van der Waals surface area contributed by atoms with Gasteiger partial charge in [0, 0.05) is 12.1 Å². The van der Waals surface area contributed by atoms with Crippen LogP contribution in [0.5, 0.6) is 11.5 Å². The minimum absolute atomic E-state index is 0.0605. The number of rotatable bonds is 3. The van der Waals surface area contributed by atoms with Crippen LogP contribution in [0.2, 0.25) is 0 Å². The summed E-state index contributed by atoms with van der Waals surface area (Å²) in [7, 11) is 3.12. The summed E-state index contributed by atoms with van der Waals surface area (Å²) in [6.07, 6.45) is 0. The third kappa shape index (κ3) is 2.16. The number of hydrogen-bond acceptors (Lipinski definition) is 4. The van der Waals surface area contributed by atoms with Gasteiger partial charge >= 0.3 is 0 Å². The van der Waals surface area contributed by atoms with Crippen molar-refractivity contribution in [3.8, 4) is 11.5 Å². The standard InChI is InChI=1S/C13H16N2O3/c1-9-14-6-7-15(9)13(16)10-4-5-11(17-2)12(8-10)18-3/h4-5,8H,6-7H2,1-3H3. The molecule has 0 fully saturated rings. The monoisotopic (exact) mass is 248 g/mol. The fraction of sp³-hybridized carbons (Fsp3) is 0.385. The van der Waals surface area contributed by atoms with Crippen molar-refractivity contribution in [2.24, 2.45) is 4.99 Å². The maximum absolute atomic E-state index is 12.3. The quantitative estimate of drug-likeness (QED) is 0.816. The summed E-state index contributed by atoms with van der Waals surface area (Å²) < 4.78 is 10.3. The maximum atomic E-state index is 12.3. The topological polar surface area (TPSA) is 51.1 Å². The fourth-order valence-electron chi connectivity index (χ4n) is 1.93. The first-order valence-electron chi connectivity index (χ1n) is 5.72. The highest BCUT2D eigenvalue weighted by molar-refractivity contribution is 6.06. The van der Waals surface area contributed by atoms with E-state index < -0.39 is 0 Å². The summed E-state index contributed by atoms with van der Waals surface area (Å²) >= 11 is 0. The molecule has 0 unspecified atom stereocenters. The Hall–Kier alpha value is -2.04. The lowest BCUT2D eigenvalue weighted by Gasteiger charge is -2.17. The Bertz CT molecular complexity index is 497. The van der Waals surface area contributed by atoms with Gasteiger partial charge in [0.25, 0.3) is 5.91 Å². The molecule has 1 amide bonds.